The zero-order valence-electron chi connectivity index (χ0n) is 15.2. The van der Waals surface area contributed by atoms with Crippen molar-refractivity contribution in [3.63, 3.8) is 0 Å². The van der Waals surface area contributed by atoms with Crippen LogP contribution in [0.1, 0.15) is 21.6 Å². The molecule has 2 aromatic heterocycles. The lowest BCUT2D eigenvalue weighted by atomic mass is 10.1. The van der Waals surface area contributed by atoms with Gasteiger partial charge < -0.3 is 15.1 Å². The first kappa shape index (κ1) is 17.7. The molecule has 0 aliphatic carbocycles. The van der Waals surface area contributed by atoms with E-state index >= 15 is 0 Å². The van der Waals surface area contributed by atoms with E-state index in [4.69, 9.17) is 4.42 Å². The molecule has 0 saturated heterocycles. The number of hydrogen-bond acceptors (Lipinski definition) is 4. The number of carbonyl (C=O) groups is 1. The number of furan rings is 1. The Morgan fingerprint density at radius 1 is 1.07 bits per heavy atom. The summed E-state index contributed by atoms with van der Waals surface area (Å²) >= 11 is 0. The Hall–Kier alpha value is -3.67. The van der Waals surface area contributed by atoms with Crippen molar-refractivity contribution in [3.8, 4) is 0 Å². The quantitative estimate of drug-likeness (QED) is 0.518. The molecule has 6 heteroatoms. The van der Waals surface area contributed by atoms with Crippen molar-refractivity contribution in [2.45, 2.75) is 13.5 Å². The maximum Gasteiger partial charge on any atom is 0.270 e. The molecule has 140 valence electrons. The van der Waals surface area contributed by atoms with Gasteiger partial charge in [0.2, 0.25) is 0 Å². The first-order valence-corrected chi connectivity index (χ1v) is 8.83. The third-order valence-corrected chi connectivity index (χ3v) is 4.36. The van der Waals surface area contributed by atoms with Crippen LogP contribution in [0, 0.1) is 12.7 Å². The van der Waals surface area contributed by atoms with Crippen LogP contribution in [0.5, 0.6) is 0 Å². The van der Waals surface area contributed by atoms with E-state index in [2.05, 4.69) is 15.6 Å². The highest BCUT2D eigenvalue weighted by atomic mass is 19.1. The summed E-state index contributed by atoms with van der Waals surface area (Å²) in [6, 6.07) is 17.2. The summed E-state index contributed by atoms with van der Waals surface area (Å²) in [7, 11) is 0. The fourth-order valence-corrected chi connectivity index (χ4v) is 2.83. The van der Waals surface area contributed by atoms with Crippen molar-refractivity contribution in [3.05, 3.63) is 89.6 Å². The number of aromatic nitrogens is 1. The molecular weight excluding hydrogens is 357 g/mol. The van der Waals surface area contributed by atoms with E-state index in [1.807, 2.05) is 31.2 Å². The average Bonchev–Trinajstić information content (AvgIpc) is 3.18. The monoisotopic (exact) mass is 375 g/mol. The summed E-state index contributed by atoms with van der Waals surface area (Å²) in [5.41, 5.74) is 3.60. The van der Waals surface area contributed by atoms with Gasteiger partial charge in [0.05, 0.1) is 11.6 Å². The Morgan fingerprint density at radius 3 is 2.57 bits per heavy atom. The SMILES string of the molecule is Cc1ccc(CNC(=O)c2cc3occc3c(Nc3ccc(F)cc3)n2)cc1. The Kier molecular flexibility index (Phi) is 4.76. The second-order valence-electron chi connectivity index (χ2n) is 6.49. The Balaban J connectivity index is 1.57. The highest BCUT2D eigenvalue weighted by molar-refractivity contribution is 5.99. The highest BCUT2D eigenvalue weighted by Gasteiger charge is 2.14. The molecule has 2 aromatic carbocycles. The molecule has 0 unspecified atom stereocenters. The molecule has 0 aliphatic heterocycles. The van der Waals surface area contributed by atoms with Gasteiger partial charge >= 0.3 is 0 Å². The number of pyridine rings is 1. The minimum atomic E-state index is -0.323. The summed E-state index contributed by atoms with van der Waals surface area (Å²) in [5, 5.41) is 6.72. The third kappa shape index (κ3) is 3.86. The summed E-state index contributed by atoms with van der Waals surface area (Å²) in [5.74, 6) is -0.157. The van der Waals surface area contributed by atoms with Crippen molar-refractivity contribution in [2.75, 3.05) is 5.32 Å². The fourth-order valence-electron chi connectivity index (χ4n) is 2.83. The predicted molar refractivity (Wildman–Crippen MR) is 106 cm³/mol. The lowest BCUT2D eigenvalue weighted by molar-refractivity contribution is 0.0946. The molecule has 1 amide bonds. The van der Waals surface area contributed by atoms with Gasteiger partial charge in [0.1, 0.15) is 22.9 Å². The molecule has 4 rings (SSSR count). The summed E-state index contributed by atoms with van der Waals surface area (Å²) in [6.45, 7) is 2.41. The van der Waals surface area contributed by atoms with E-state index in [1.54, 1.807) is 24.3 Å². The maximum atomic E-state index is 13.1. The van der Waals surface area contributed by atoms with Crippen LogP contribution in [0.25, 0.3) is 11.0 Å². The molecule has 28 heavy (non-hydrogen) atoms. The van der Waals surface area contributed by atoms with Crippen molar-refractivity contribution in [1.29, 1.82) is 0 Å². The van der Waals surface area contributed by atoms with E-state index in [0.29, 0.717) is 23.6 Å². The number of rotatable bonds is 5. The number of aryl methyl sites for hydroxylation is 1. The Bertz CT molecular complexity index is 1120. The molecule has 4 aromatic rings. The van der Waals surface area contributed by atoms with Gasteiger partial charge in [-0.05, 0) is 42.8 Å². The van der Waals surface area contributed by atoms with E-state index in [9.17, 15) is 9.18 Å². The van der Waals surface area contributed by atoms with Gasteiger partial charge in [-0.15, -0.1) is 0 Å². The minimum Gasteiger partial charge on any atom is -0.464 e. The van der Waals surface area contributed by atoms with Crippen molar-refractivity contribution in [2.24, 2.45) is 0 Å². The first-order chi connectivity index (χ1) is 13.6. The number of nitrogens with one attached hydrogen (secondary N) is 2. The van der Waals surface area contributed by atoms with Crippen LogP contribution in [-0.2, 0) is 6.54 Å². The van der Waals surface area contributed by atoms with E-state index in [1.165, 1.54) is 18.4 Å². The largest absolute Gasteiger partial charge is 0.464 e. The van der Waals surface area contributed by atoms with Crippen LogP contribution < -0.4 is 10.6 Å². The van der Waals surface area contributed by atoms with Gasteiger partial charge in [-0.2, -0.15) is 0 Å². The zero-order valence-corrected chi connectivity index (χ0v) is 15.2. The number of fused-ring (bicyclic) bond motifs is 1. The smallest absolute Gasteiger partial charge is 0.270 e. The topological polar surface area (TPSA) is 67.2 Å². The molecule has 0 fully saturated rings. The first-order valence-electron chi connectivity index (χ1n) is 8.83. The van der Waals surface area contributed by atoms with Crippen molar-refractivity contribution in [1.82, 2.24) is 10.3 Å². The molecular formula is C22H18FN3O2. The van der Waals surface area contributed by atoms with Gasteiger partial charge in [-0.1, -0.05) is 29.8 Å². The standard InChI is InChI=1S/C22H18FN3O2/c1-14-2-4-15(5-3-14)13-24-22(27)19-12-20-18(10-11-28-20)21(26-19)25-17-8-6-16(23)7-9-17/h2-12H,13H2,1H3,(H,24,27)(H,25,26). The number of hydrogen-bond donors (Lipinski definition) is 2. The summed E-state index contributed by atoms with van der Waals surface area (Å²) < 4.78 is 18.6. The summed E-state index contributed by atoms with van der Waals surface area (Å²) in [6.07, 6.45) is 1.54. The van der Waals surface area contributed by atoms with E-state index in [0.717, 1.165) is 16.5 Å². The fraction of sp³-hybridized carbons (Fsp3) is 0.0909. The molecule has 5 nitrogen and oxygen atoms in total. The number of carbonyl (C=O) groups excluding carboxylic acids is 1. The van der Waals surface area contributed by atoms with Gasteiger partial charge in [-0.3, -0.25) is 4.79 Å². The van der Waals surface area contributed by atoms with Gasteiger partial charge in [-0.25, -0.2) is 9.37 Å². The molecule has 2 N–H and O–H groups in total. The normalized spacial score (nSPS) is 10.8. The zero-order chi connectivity index (χ0) is 19.5. The second kappa shape index (κ2) is 7.52. The van der Waals surface area contributed by atoms with Gasteiger partial charge in [0.25, 0.3) is 5.91 Å². The second-order valence-corrected chi connectivity index (χ2v) is 6.49. The maximum absolute atomic E-state index is 13.1. The van der Waals surface area contributed by atoms with E-state index < -0.39 is 0 Å². The lowest BCUT2D eigenvalue weighted by Gasteiger charge is -2.10. The molecule has 0 aliphatic rings. The van der Waals surface area contributed by atoms with Crippen LogP contribution in [0.4, 0.5) is 15.9 Å². The molecule has 0 spiro atoms. The van der Waals surface area contributed by atoms with Crippen LogP contribution in [0.15, 0.2) is 71.3 Å². The lowest BCUT2D eigenvalue weighted by Crippen LogP contribution is -2.24. The Morgan fingerprint density at radius 2 is 1.82 bits per heavy atom. The average molecular weight is 375 g/mol. The van der Waals surface area contributed by atoms with Gasteiger partial charge in [0, 0.05) is 18.3 Å². The summed E-state index contributed by atoms with van der Waals surface area (Å²) in [4.78, 5) is 17.0. The van der Waals surface area contributed by atoms with Gasteiger partial charge in [0.15, 0.2) is 0 Å². The van der Waals surface area contributed by atoms with Crippen LogP contribution >= 0.6 is 0 Å². The molecule has 0 atom stereocenters. The molecule has 0 saturated carbocycles. The highest BCUT2D eigenvalue weighted by Crippen LogP contribution is 2.26. The number of halogens is 1. The van der Waals surface area contributed by atoms with Crippen LogP contribution in [0.3, 0.4) is 0 Å². The van der Waals surface area contributed by atoms with Crippen LogP contribution in [0.2, 0.25) is 0 Å². The predicted octanol–water partition coefficient (Wildman–Crippen LogP) is 4.95. The van der Waals surface area contributed by atoms with Crippen LogP contribution in [-0.4, -0.2) is 10.9 Å². The number of anilines is 2. The number of benzene rings is 2. The molecule has 0 radical (unpaired) electrons. The number of nitrogens with zero attached hydrogens (tertiary/aromatic N) is 1. The number of amides is 1. The van der Waals surface area contributed by atoms with E-state index in [-0.39, 0.29) is 17.4 Å². The van der Waals surface area contributed by atoms with Crippen molar-refractivity contribution < 1.29 is 13.6 Å². The molecule has 0 bridgehead atoms. The Labute approximate surface area is 161 Å². The minimum absolute atomic E-state index is 0.235. The third-order valence-electron chi connectivity index (χ3n) is 4.36. The van der Waals surface area contributed by atoms with Crippen molar-refractivity contribution >= 4 is 28.4 Å². The molecule has 2 heterocycles.